The Morgan fingerprint density at radius 1 is 1.18 bits per heavy atom. The molecule has 1 heterocycles. The summed E-state index contributed by atoms with van der Waals surface area (Å²) in [5.41, 5.74) is 0.413. The summed E-state index contributed by atoms with van der Waals surface area (Å²) in [6.45, 7) is -0.407. The highest BCUT2D eigenvalue weighted by Gasteiger charge is 2.17. The zero-order valence-corrected chi connectivity index (χ0v) is 15.1. The number of hydrogen-bond acceptors (Lipinski definition) is 5. The van der Waals surface area contributed by atoms with Gasteiger partial charge >= 0.3 is 5.69 Å². The van der Waals surface area contributed by atoms with Crippen molar-refractivity contribution in [3.05, 3.63) is 81.3 Å². The van der Waals surface area contributed by atoms with E-state index in [1.165, 1.54) is 0 Å². The fourth-order valence-electron chi connectivity index (χ4n) is 2.38. The number of ether oxygens (including phenoxy) is 1. The SMILES string of the molecule is O=C(COc1cc(F)ccc1[N+](=O)[O-])NCc1ccc(-c2ccc(Cl)cc2)o1. The molecule has 7 nitrogen and oxygen atoms in total. The quantitative estimate of drug-likeness (QED) is 0.467. The molecule has 0 spiro atoms. The molecule has 28 heavy (non-hydrogen) atoms. The largest absolute Gasteiger partial charge is 0.477 e. The van der Waals surface area contributed by atoms with Gasteiger partial charge in [0.05, 0.1) is 11.5 Å². The van der Waals surface area contributed by atoms with Crippen LogP contribution in [0.3, 0.4) is 0 Å². The molecule has 0 fully saturated rings. The number of nitrogens with zero attached hydrogens (tertiary/aromatic N) is 1. The van der Waals surface area contributed by atoms with Crippen LogP contribution in [-0.4, -0.2) is 17.4 Å². The molecule has 0 saturated heterocycles. The Labute approximate surface area is 163 Å². The fourth-order valence-corrected chi connectivity index (χ4v) is 2.50. The predicted octanol–water partition coefficient (Wildman–Crippen LogP) is 4.34. The Kier molecular flexibility index (Phi) is 5.90. The lowest BCUT2D eigenvalue weighted by molar-refractivity contribution is -0.385. The number of amides is 1. The molecule has 2 aromatic carbocycles. The van der Waals surface area contributed by atoms with Crippen molar-refractivity contribution in [1.82, 2.24) is 5.32 Å². The van der Waals surface area contributed by atoms with Gasteiger partial charge in [-0.25, -0.2) is 4.39 Å². The van der Waals surface area contributed by atoms with E-state index in [2.05, 4.69) is 5.32 Å². The molecule has 0 atom stereocenters. The number of carbonyl (C=O) groups is 1. The first-order valence-electron chi connectivity index (χ1n) is 8.10. The van der Waals surface area contributed by atoms with Crippen LogP contribution in [0, 0.1) is 15.9 Å². The molecule has 1 N–H and O–H groups in total. The summed E-state index contributed by atoms with van der Waals surface area (Å²) >= 11 is 5.85. The normalized spacial score (nSPS) is 10.5. The molecular weight excluding hydrogens is 391 g/mol. The minimum atomic E-state index is -0.714. The van der Waals surface area contributed by atoms with Crippen LogP contribution in [0.1, 0.15) is 5.76 Å². The van der Waals surface area contributed by atoms with Gasteiger partial charge in [-0.05, 0) is 42.5 Å². The Bertz CT molecular complexity index is 1000. The third-order valence-corrected chi connectivity index (χ3v) is 3.98. The van der Waals surface area contributed by atoms with E-state index in [9.17, 15) is 19.3 Å². The van der Waals surface area contributed by atoms with E-state index in [0.717, 1.165) is 23.8 Å². The van der Waals surface area contributed by atoms with Crippen LogP contribution < -0.4 is 10.1 Å². The van der Waals surface area contributed by atoms with Crippen molar-refractivity contribution in [1.29, 1.82) is 0 Å². The van der Waals surface area contributed by atoms with Gasteiger partial charge in [0.1, 0.15) is 17.3 Å². The van der Waals surface area contributed by atoms with Crippen LogP contribution in [0.15, 0.2) is 59.0 Å². The molecule has 0 bridgehead atoms. The smallest absolute Gasteiger partial charge is 0.311 e. The van der Waals surface area contributed by atoms with Crippen molar-refractivity contribution < 1.29 is 23.3 Å². The van der Waals surface area contributed by atoms with Gasteiger partial charge in [0.15, 0.2) is 6.61 Å². The predicted molar refractivity (Wildman–Crippen MR) is 99.6 cm³/mol. The van der Waals surface area contributed by atoms with E-state index < -0.39 is 28.9 Å². The van der Waals surface area contributed by atoms with Crippen LogP contribution in [-0.2, 0) is 11.3 Å². The molecule has 9 heteroatoms. The highest BCUT2D eigenvalue weighted by Crippen LogP contribution is 2.27. The van der Waals surface area contributed by atoms with E-state index in [1.807, 2.05) is 12.1 Å². The van der Waals surface area contributed by atoms with Gasteiger partial charge in [0.25, 0.3) is 5.91 Å². The molecule has 0 unspecified atom stereocenters. The van der Waals surface area contributed by atoms with Gasteiger partial charge in [0.2, 0.25) is 5.75 Å². The third kappa shape index (κ3) is 4.86. The topological polar surface area (TPSA) is 94.6 Å². The Hall–Kier alpha value is -3.39. The van der Waals surface area contributed by atoms with E-state index in [1.54, 1.807) is 24.3 Å². The van der Waals surface area contributed by atoms with Crippen molar-refractivity contribution >= 4 is 23.2 Å². The average Bonchev–Trinajstić information content (AvgIpc) is 3.14. The van der Waals surface area contributed by atoms with Crippen molar-refractivity contribution in [2.24, 2.45) is 0 Å². The summed E-state index contributed by atoms with van der Waals surface area (Å²) in [7, 11) is 0. The number of carbonyl (C=O) groups excluding carboxylic acids is 1. The summed E-state index contributed by atoms with van der Waals surface area (Å²) in [6.07, 6.45) is 0. The third-order valence-electron chi connectivity index (χ3n) is 3.73. The minimum absolute atomic E-state index is 0.0982. The second-order valence-corrected chi connectivity index (χ2v) is 6.14. The maximum absolute atomic E-state index is 13.2. The number of furan rings is 1. The van der Waals surface area contributed by atoms with Gasteiger partial charge in [-0.2, -0.15) is 0 Å². The number of benzene rings is 2. The Balaban J connectivity index is 1.55. The summed E-state index contributed by atoms with van der Waals surface area (Å²) < 4.78 is 24.0. The van der Waals surface area contributed by atoms with Crippen molar-refractivity contribution in [2.75, 3.05) is 6.61 Å². The lowest BCUT2D eigenvalue weighted by atomic mass is 10.2. The summed E-state index contributed by atoms with van der Waals surface area (Å²) in [6, 6.07) is 13.3. The molecule has 0 aliphatic heterocycles. The molecule has 1 aromatic heterocycles. The maximum atomic E-state index is 13.2. The lowest BCUT2D eigenvalue weighted by Gasteiger charge is -2.07. The van der Waals surface area contributed by atoms with Gasteiger partial charge < -0.3 is 14.5 Å². The highest BCUT2D eigenvalue weighted by molar-refractivity contribution is 6.30. The second kappa shape index (κ2) is 8.53. The lowest BCUT2D eigenvalue weighted by Crippen LogP contribution is -2.28. The number of nitro groups is 1. The first kappa shape index (κ1) is 19.4. The van der Waals surface area contributed by atoms with Crippen molar-refractivity contribution in [3.8, 4) is 17.1 Å². The second-order valence-electron chi connectivity index (χ2n) is 5.71. The number of rotatable bonds is 7. The number of halogens is 2. The zero-order chi connectivity index (χ0) is 20.1. The number of nitrogens with one attached hydrogen (secondary N) is 1. The van der Waals surface area contributed by atoms with Crippen LogP contribution in [0.4, 0.5) is 10.1 Å². The number of nitro benzene ring substituents is 1. The summed E-state index contributed by atoms with van der Waals surface area (Å²) in [5, 5.41) is 14.1. The molecule has 1 amide bonds. The summed E-state index contributed by atoms with van der Waals surface area (Å²) in [5.74, 6) is -0.430. The van der Waals surface area contributed by atoms with E-state index >= 15 is 0 Å². The summed E-state index contributed by atoms with van der Waals surface area (Å²) in [4.78, 5) is 22.1. The van der Waals surface area contributed by atoms with Gasteiger partial charge in [-0.3, -0.25) is 14.9 Å². The molecule has 0 aliphatic carbocycles. The zero-order valence-electron chi connectivity index (χ0n) is 14.4. The van der Waals surface area contributed by atoms with Gasteiger partial charge in [-0.1, -0.05) is 11.6 Å². The first-order chi connectivity index (χ1) is 13.4. The molecule has 3 aromatic rings. The molecular formula is C19H14ClFN2O5. The van der Waals surface area contributed by atoms with Crippen molar-refractivity contribution in [2.45, 2.75) is 6.54 Å². The standard InChI is InChI=1S/C19H14ClFN2O5/c20-13-3-1-12(2-4-13)17-8-6-15(28-17)10-22-19(24)11-27-18-9-14(21)5-7-16(18)23(25)26/h1-9H,10-11H2,(H,22,24). The van der Waals surface area contributed by atoms with Crippen LogP contribution in [0.5, 0.6) is 5.75 Å². The minimum Gasteiger partial charge on any atom is -0.477 e. The Morgan fingerprint density at radius 2 is 1.93 bits per heavy atom. The number of hydrogen-bond donors (Lipinski definition) is 1. The first-order valence-corrected chi connectivity index (χ1v) is 8.48. The molecule has 3 rings (SSSR count). The van der Waals surface area contributed by atoms with Crippen molar-refractivity contribution in [3.63, 3.8) is 0 Å². The maximum Gasteiger partial charge on any atom is 0.311 e. The molecule has 144 valence electrons. The van der Waals surface area contributed by atoms with E-state index in [0.29, 0.717) is 16.5 Å². The van der Waals surface area contributed by atoms with Crippen LogP contribution >= 0.6 is 11.6 Å². The van der Waals surface area contributed by atoms with Crippen LogP contribution in [0.2, 0.25) is 5.02 Å². The molecule has 0 radical (unpaired) electrons. The van der Waals surface area contributed by atoms with E-state index in [-0.39, 0.29) is 12.3 Å². The fraction of sp³-hybridized carbons (Fsp3) is 0.105. The van der Waals surface area contributed by atoms with Crippen LogP contribution in [0.25, 0.3) is 11.3 Å². The molecule has 0 aliphatic rings. The van der Waals surface area contributed by atoms with Gasteiger partial charge in [-0.15, -0.1) is 0 Å². The average molecular weight is 405 g/mol. The van der Waals surface area contributed by atoms with Gasteiger partial charge in [0, 0.05) is 22.7 Å². The van der Waals surface area contributed by atoms with E-state index in [4.69, 9.17) is 20.8 Å². The highest BCUT2D eigenvalue weighted by atomic mass is 35.5. The monoisotopic (exact) mass is 404 g/mol. The Morgan fingerprint density at radius 3 is 2.64 bits per heavy atom. The molecule has 0 saturated carbocycles.